The predicted octanol–water partition coefficient (Wildman–Crippen LogP) is 3.81. The molecular weight excluding hydrogens is 397 g/mol. The highest BCUT2D eigenvalue weighted by Crippen LogP contribution is 2.37. The van der Waals surface area contributed by atoms with E-state index in [0.29, 0.717) is 0 Å². The average molecular weight is 420 g/mol. The molecular formula is C21H23F3N4O2. The number of pyridine rings is 1. The summed E-state index contributed by atoms with van der Waals surface area (Å²) in [6.45, 7) is 2.93. The largest absolute Gasteiger partial charge is 0.467 e. The Morgan fingerprint density at radius 2 is 1.97 bits per heavy atom. The van der Waals surface area contributed by atoms with Crippen LogP contribution in [0.4, 0.5) is 13.2 Å². The second-order valence-corrected chi connectivity index (χ2v) is 7.19. The zero-order chi connectivity index (χ0) is 21.9. The van der Waals surface area contributed by atoms with Crippen molar-refractivity contribution in [2.75, 3.05) is 6.61 Å². The molecule has 0 radical (unpaired) electrons. The second-order valence-electron chi connectivity index (χ2n) is 7.19. The first-order chi connectivity index (χ1) is 14.1. The molecule has 1 amide bonds. The summed E-state index contributed by atoms with van der Waals surface area (Å²) in [6, 6.07) is 10.6. The van der Waals surface area contributed by atoms with Crippen LogP contribution in [0.15, 0.2) is 36.4 Å². The van der Waals surface area contributed by atoms with Crippen LogP contribution < -0.4 is 10.1 Å². The van der Waals surface area contributed by atoms with Gasteiger partial charge in [0.2, 0.25) is 5.88 Å². The minimum Gasteiger partial charge on any atom is -0.467 e. The molecule has 0 saturated carbocycles. The SMILES string of the molecule is Cc1nn(C)c2nc(OCC(=O)NC(C)CCc3ccccc3)cc(C(F)(F)F)c12. The van der Waals surface area contributed by atoms with Crippen molar-refractivity contribution in [3.63, 3.8) is 0 Å². The van der Waals surface area contributed by atoms with Gasteiger partial charge in [-0.3, -0.25) is 9.48 Å². The molecule has 1 atom stereocenters. The molecule has 6 nitrogen and oxygen atoms in total. The number of carbonyl (C=O) groups excluding carboxylic acids is 1. The third-order valence-electron chi connectivity index (χ3n) is 4.72. The smallest absolute Gasteiger partial charge is 0.417 e. The molecule has 0 aliphatic heterocycles. The lowest BCUT2D eigenvalue weighted by Gasteiger charge is -2.15. The van der Waals surface area contributed by atoms with Crippen molar-refractivity contribution >= 4 is 16.9 Å². The quantitative estimate of drug-likeness (QED) is 0.631. The van der Waals surface area contributed by atoms with Crippen molar-refractivity contribution in [2.24, 2.45) is 7.05 Å². The van der Waals surface area contributed by atoms with Crippen LogP contribution in [0.3, 0.4) is 0 Å². The molecule has 1 N–H and O–H groups in total. The first-order valence-electron chi connectivity index (χ1n) is 9.52. The van der Waals surface area contributed by atoms with E-state index in [1.807, 2.05) is 37.3 Å². The Balaban J connectivity index is 1.63. The van der Waals surface area contributed by atoms with Crippen molar-refractivity contribution in [3.05, 3.63) is 53.2 Å². The van der Waals surface area contributed by atoms with Crippen LogP contribution in [0.1, 0.15) is 30.2 Å². The molecule has 0 saturated heterocycles. The van der Waals surface area contributed by atoms with Gasteiger partial charge in [-0.1, -0.05) is 30.3 Å². The molecule has 1 aromatic carbocycles. The second kappa shape index (κ2) is 8.73. The third kappa shape index (κ3) is 5.08. The van der Waals surface area contributed by atoms with Gasteiger partial charge in [0, 0.05) is 19.2 Å². The number of aromatic nitrogens is 3. The highest BCUT2D eigenvalue weighted by atomic mass is 19.4. The summed E-state index contributed by atoms with van der Waals surface area (Å²) >= 11 is 0. The highest BCUT2D eigenvalue weighted by molar-refractivity contribution is 5.83. The Labute approximate surface area is 172 Å². The minimum absolute atomic E-state index is 0.0500. The summed E-state index contributed by atoms with van der Waals surface area (Å²) < 4.78 is 47.0. The van der Waals surface area contributed by atoms with E-state index < -0.39 is 24.3 Å². The number of hydrogen-bond donors (Lipinski definition) is 1. The van der Waals surface area contributed by atoms with Gasteiger partial charge in [0.1, 0.15) is 0 Å². The number of alkyl halides is 3. The number of ether oxygens (including phenoxy) is 1. The number of nitrogens with one attached hydrogen (secondary N) is 1. The fourth-order valence-corrected chi connectivity index (χ4v) is 3.28. The Morgan fingerprint density at radius 1 is 1.27 bits per heavy atom. The number of halogens is 3. The number of nitrogens with zero attached hydrogens (tertiary/aromatic N) is 3. The molecule has 1 unspecified atom stereocenters. The lowest BCUT2D eigenvalue weighted by Crippen LogP contribution is -2.36. The summed E-state index contributed by atoms with van der Waals surface area (Å²) in [5, 5.41) is 6.72. The third-order valence-corrected chi connectivity index (χ3v) is 4.72. The monoisotopic (exact) mass is 420 g/mol. The summed E-state index contributed by atoms with van der Waals surface area (Å²) in [7, 11) is 1.51. The summed E-state index contributed by atoms with van der Waals surface area (Å²) in [5.74, 6) is -0.697. The minimum atomic E-state index is -4.60. The van der Waals surface area contributed by atoms with Gasteiger partial charge in [0.25, 0.3) is 5.91 Å². The van der Waals surface area contributed by atoms with E-state index in [-0.39, 0.29) is 28.6 Å². The number of fused-ring (bicyclic) bond motifs is 1. The number of rotatable bonds is 7. The van der Waals surface area contributed by atoms with Crippen LogP contribution in [0.25, 0.3) is 11.0 Å². The molecule has 9 heteroatoms. The first kappa shape index (κ1) is 21.6. The Hall–Kier alpha value is -3.10. The molecule has 0 bridgehead atoms. The summed E-state index contributed by atoms with van der Waals surface area (Å²) in [6.07, 6.45) is -3.07. The van der Waals surface area contributed by atoms with Crippen LogP contribution in [0.2, 0.25) is 0 Å². The highest BCUT2D eigenvalue weighted by Gasteiger charge is 2.35. The number of benzene rings is 1. The van der Waals surface area contributed by atoms with Crippen LogP contribution in [0.5, 0.6) is 5.88 Å². The van der Waals surface area contributed by atoms with Crippen molar-refractivity contribution in [1.29, 1.82) is 0 Å². The Kier molecular flexibility index (Phi) is 6.28. The van der Waals surface area contributed by atoms with Gasteiger partial charge in [-0.2, -0.15) is 23.3 Å². The molecule has 0 spiro atoms. The molecule has 160 valence electrons. The van der Waals surface area contributed by atoms with Crippen LogP contribution >= 0.6 is 0 Å². The van der Waals surface area contributed by atoms with E-state index >= 15 is 0 Å². The van der Waals surface area contributed by atoms with E-state index in [1.165, 1.54) is 24.2 Å². The number of amides is 1. The lowest BCUT2D eigenvalue weighted by molar-refractivity contribution is -0.136. The maximum atomic E-state index is 13.5. The molecule has 2 aromatic heterocycles. The van der Waals surface area contributed by atoms with Crippen molar-refractivity contribution in [3.8, 4) is 5.88 Å². The average Bonchev–Trinajstić information content (AvgIpc) is 2.98. The Morgan fingerprint density at radius 3 is 2.63 bits per heavy atom. The molecule has 2 heterocycles. The van der Waals surface area contributed by atoms with Gasteiger partial charge in [0.05, 0.1) is 16.6 Å². The fourth-order valence-electron chi connectivity index (χ4n) is 3.28. The number of hydrogen-bond acceptors (Lipinski definition) is 4. The predicted molar refractivity (Wildman–Crippen MR) is 106 cm³/mol. The topological polar surface area (TPSA) is 69.0 Å². The van der Waals surface area contributed by atoms with E-state index in [9.17, 15) is 18.0 Å². The molecule has 0 aliphatic carbocycles. The van der Waals surface area contributed by atoms with Crippen molar-refractivity contribution < 1.29 is 22.7 Å². The maximum Gasteiger partial charge on any atom is 0.417 e. The number of carbonyl (C=O) groups is 1. The van der Waals surface area contributed by atoms with E-state index in [1.54, 1.807) is 0 Å². The Bertz CT molecular complexity index is 1030. The van der Waals surface area contributed by atoms with Gasteiger partial charge in [-0.25, -0.2) is 0 Å². The molecule has 30 heavy (non-hydrogen) atoms. The zero-order valence-electron chi connectivity index (χ0n) is 17.0. The van der Waals surface area contributed by atoms with Crippen LogP contribution in [-0.2, 0) is 24.4 Å². The van der Waals surface area contributed by atoms with Crippen LogP contribution in [0, 0.1) is 6.92 Å². The first-order valence-corrected chi connectivity index (χ1v) is 9.52. The van der Waals surface area contributed by atoms with Gasteiger partial charge in [-0.15, -0.1) is 0 Å². The van der Waals surface area contributed by atoms with Crippen molar-refractivity contribution in [2.45, 2.75) is 38.9 Å². The van der Waals surface area contributed by atoms with Gasteiger partial charge >= 0.3 is 6.18 Å². The standard InChI is InChI=1S/C21H23F3N4O2/c1-13(9-10-15-7-5-4-6-8-15)25-17(29)12-30-18-11-16(21(22,23)24)19-14(2)27-28(3)20(19)26-18/h4-8,11,13H,9-10,12H2,1-3H3,(H,25,29). The van der Waals surface area contributed by atoms with Crippen LogP contribution in [-0.4, -0.2) is 33.3 Å². The molecule has 3 rings (SSSR count). The summed E-state index contributed by atoms with van der Waals surface area (Å²) in [5.41, 5.74) is 0.557. The lowest BCUT2D eigenvalue weighted by atomic mass is 10.1. The van der Waals surface area contributed by atoms with Gasteiger partial charge < -0.3 is 10.1 Å². The van der Waals surface area contributed by atoms with Gasteiger partial charge in [0.15, 0.2) is 12.3 Å². The van der Waals surface area contributed by atoms with Gasteiger partial charge in [-0.05, 0) is 32.3 Å². The van der Waals surface area contributed by atoms with Crippen molar-refractivity contribution in [1.82, 2.24) is 20.1 Å². The van der Waals surface area contributed by atoms with E-state index in [0.717, 1.165) is 18.9 Å². The molecule has 0 fully saturated rings. The van der Waals surface area contributed by atoms with E-state index in [2.05, 4.69) is 15.4 Å². The molecule has 3 aromatic rings. The summed E-state index contributed by atoms with van der Waals surface area (Å²) in [4.78, 5) is 16.2. The fraction of sp³-hybridized carbons (Fsp3) is 0.381. The van der Waals surface area contributed by atoms with E-state index in [4.69, 9.17) is 4.74 Å². The normalized spacial score (nSPS) is 12.7. The molecule has 0 aliphatic rings. The zero-order valence-corrected chi connectivity index (χ0v) is 17.0. The number of aryl methyl sites for hydroxylation is 3. The maximum absolute atomic E-state index is 13.5.